The Hall–Kier alpha value is -0.320. The van der Waals surface area contributed by atoms with Gasteiger partial charge in [0, 0.05) is 23.2 Å². The van der Waals surface area contributed by atoms with E-state index in [0.717, 1.165) is 22.8 Å². The lowest BCUT2D eigenvalue weighted by Gasteiger charge is -2.30. The molecule has 0 bridgehead atoms. The van der Waals surface area contributed by atoms with Gasteiger partial charge in [0.1, 0.15) is 5.82 Å². The quantitative estimate of drug-likeness (QED) is 0.583. The SMILES string of the molecule is IC1CCCN(c2ccccn2)C1. The molecule has 0 amide bonds. The lowest BCUT2D eigenvalue weighted by atomic mass is 10.1. The molecule has 0 N–H and O–H groups in total. The van der Waals surface area contributed by atoms with Crippen molar-refractivity contribution in [3.8, 4) is 0 Å². The zero-order valence-electron chi connectivity index (χ0n) is 7.49. The molecule has 0 aliphatic carbocycles. The first-order valence-electron chi connectivity index (χ1n) is 4.66. The van der Waals surface area contributed by atoms with Crippen LogP contribution in [0.2, 0.25) is 0 Å². The number of hydrogen-bond donors (Lipinski definition) is 0. The third-order valence-electron chi connectivity index (χ3n) is 2.34. The van der Waals surface area contributed by atoms with Gasteiger partial charge in [0.25, 0.3) is 0 Å². The van der Waals surface area contributed by atoms with Crippen LogP contribution in [0.5, 0.6) is 0 Å². The van der Waals surface area contributed by atoms with Gasteiger partial charge < -0.3 is 4.90 Å². The highest BCUT2D eigenvalue weighted by molar-refractivity contribution is 14.1. The molecule has 0 spiro atoms. The number of anilines is 1. The minimum Gasteiger partial charge on any atom is -0.356 e. The van der Waals surface area contributed by atoms with E-state index in [1.54, 1.807) is 0 Å². The molecule has 1 aromatic rings. The molecule has 13 heavy (non-hydrogen) atoms. The summed E-state index contributed by atoms with van der Waals surface area (Å²) in [5.41, 5.74) is 0. The summed E-state index contributed by atoms with van der Waals surface area (Å²) in [5, 5.41) is 0. The van der Waals surface area contributed by atoms with Crippen molar-refractivity contribution < 1.29 is 0 Å². The third-order valence-corrected chi connectivity index (χ3v) is 3.35. The Bertz CT molecular complexity index is 263. The minimum absolute atomic E-state index is 0.786. The Labute approximate surface area is 92.5 Å². The van der Waals surface area contributed by atoms with E-state index in [0.29, 0.717) is 0 Å². The Morgan fingerprint density at radius 2 is 2.38 bits per heavy atom. The van der Waals surface area contributed by atoms with Crippen molar-refractivity contribution in [2.45, 2.75) is 16.8 Å². The second-order valence-electron chi connectivity index (χ2n) is 3.37. The monoisotopic (exact) mass is 288 g/mol. The van der Waals surface area contributed by atoms with E-state index in [2.05, 4.69) is 44.6 Å². The van der Waals surface area contributed by atoms with E-state index in [-0.39, 0.29) is 0 Å². The Morgan fingerprint density at radius 1 is 1.46 bits per heavy atom. The summed E-state index contributed by atoms with van der Waals surface area (Å²) in [6.45, 7) is 2.31. The molecule has 1 saturated heterocycles. The largest absolute Gasteiger partial charge is 0.356 e. The summed E-state index contributed by atoms with van der Waals surface area (Å²) >= 11 is 2.53. The zero-order chi connectivity index (χ0) is 9.10. The number of alkyl halides is 1. The van der Waals surface area contributed by atoms with Crippen molar-refractivity contribution in [1.29, 1.82) is 0 Å². The lowest BCUT2D eigenvalue weighted by molar-refractivity contribution is 0.598. The van der Waals surface area contributed by atoms with Crippen LogP contribution < -0.4 is 4.90 Å². The molecule has 2 nitrogen and oxygen atoms in total. The number of aromatic nitrogens is 1. The van der Waals surface area contributed by atoms with Gasteiger partial charge in [-0.3, -0.25) is 0 Å². The fraction of sp³-hybridized carbons (Fsp3) is 0.500. The highest BCUT2D eigenvalue weighted by atomic mass is 127. The summed E-state index contributed by atoms with van der Waals surface area (Å²) in [5.74, 6) is 1.13. The number of halogens is 1. The fourth-order valence-electron chi connectivity index (χ4n) is 1.67. The molecular formula is C10H13IN2. The average Bonchev–Trinajstić information content (AvgIpc) is 2.19. The first kappa shape index (κ1) is 9.24. The summed E-state index contributed by atoms with van der Waals surface area (Å²) in [4.78, 5) is 6.74. The van der Waals surface area contributed by atoms with Crippen molar-refractivity contribution in [3.05, 3.63) is 24.4 Å². The second-order valence-corrected chi connectivity index (χ2v) is 5.14. The normalized spacial score (nSPS) is 23.2. The fourth-order valence-corrected chi connectivity index (χ4v) is 2.59. The van der Waals surface area contributed by atoms with E-state index < -0.39 is 0 Å². The smallest absolute Gasteiger partial charge is 0.128 e. The molecule has 1 aliphatic heterocycles. The highest BCUT2D eigenvalue weighted by Gasteiger charge is 2.17. The van der Waals surface area contributed by atoms with Gasteiger partial charge in [-0.15, -0.1) is 0 Å². The highest BCUT2D eigenvalue weighted by Crippen LogP contribution is 2.21. The second kappa shape index (κ2) is 4.26. The van der Waals surface area contributed by atoms with Crippen LogP contribution in [0.25, 0.3) is 0 Å². The molecule has 1 aliphatic rings. The van der Waals surface area contributed by atoms with Gasteiger partial charge in [0.15, 0.2) is 0 Å². The van der Waals surface area contributed by atoms with E-state index in [1.165, 1.54) is 12.8 Å². The lowest BCUT2D eigenvalue weighted by Crippen LogP contribution is -2.36. The van der Waals surface area contributed by atoms with Crippen LogP contribution in [0.1, 0.15) is 12.8 Å². The van der Waals surface area contributed by atoms with Gasteiger partial charge in [-0.25, -0.2) is 4.98 Å². The maximum Gasteiger partial charge on any atom is 0.128 e. The molecule has 0 saturated carbocycles. The first-order chi connectivity index (χ1) is 6.36. The Kier molecular flexibility index (Phi) is 3.03. The van der Waals surface area contributed by atoms with Gasteiger partial charge in [-0.05, 0) is 25.0 Å². The van der Waals surface area contributed by atoms with Crippen molar-refractivity contribution in [2.75, 3.05) is 18.0 Å². The van der Waals surface area contributed by atoms with Crippen molar-refractivity contribution >= 4 is 28.4 Å². The van der Waals surface area contributed by atoms with Gasteiger partial charge in [-0.1, -0.05) is 28.7 Å². The number of nitrogens with zero attached hydrogens (tertiary/aromatic N) is 2. The van der Waals surface area contributed by atoms with E-state index in [9.17, 15) is 0 Å². The minimum atomic E-state index is 0.786. The van der Waals surface area contributed by atoms with Crippen LogP contribution in [0.4, 0.5) is 5.82 Å². The molecule has 70 valence electrons. The van der Waals surface area contributed by atoms with E-state index >= 15 is 0 Å². The molecule has 1 aromatic heterocycles. The summed E-state index contributed by atoms with van der Waals surface area (Å²) in [6, 6.07) is 6.11. The van der Waals surface area contributed by atoms with Crippen LogP contribution >= 0.6 is 22.6 Å². The summed E-state index contributed by atoms with van der Waals surface area (Å²) in [7, 11) is 0. The molecule has 1 atom stereocenters. The molecule has 3 heteroatoms. The number of rotatable bonds is 1. The molecule has 2 heterocycles. The van der Waals surface area contributed by atoms with Crippen molar-refractivity contribution in [1.82, 2.24) is 4.98 Å². The first-order valence-corrected chi connectivity index (χ1v) is 5.91. The molecule has 2 rings (SSSR count). The summed E-state index contributed by atoms with van der Waals surface area (Å²) in [6.07, 6.45) is 4.51. The summed E-state index contributed by atoms with van der Waals surface area (Å²) < 4.78 is 0.786. The van der Waals surface area contributed by atoms with Crippen LogP contribution in [-0.2, 0) is 0 Å². The average molecular weight is 288 g/mol. The Morgan fingerprint density at radius 3 is 3.08 bits per heavy atom. The van der Waals surface area contributed by atoms with Crippen LogP contribution in [0.3, 0.4) is 0 Å². The van der Waals surface area contributed by atoms with Gasteiger partial charge in [0.05, 0.1) is 0 Å². The molecule has 0 radical (unpaired) electrons. The van der Waals surface area contributed by atoms with Gasteiger partial charge in [-0.2, -0.15) is 0 Å². The predicted molar refractivity (Wildman–Crippen MR) is 63.5 cm³/mol. The van der Waals surface area contributed by atoms with E-state index in [1.807, 2.05) is 12.3 Å². The number of pyridine rings is 1. The zero-order valence-corrected chi connectivity index (χ0v) is 9.65. The van der Waals surface area contributed by atoms with Crippen LogP contribution in [-0.4, -0.2) is 22.0 Å². The predicted octanol–water partition coefficient (Wildman–Crippen LogP) is 2.49. The topological polar surface area (TPSA) is 16.1 Å². The molecule has 1 unspecified atom stereocenters. The van der Waals surface area contributed by atoms with Gasteiger partial charge in [0.2, 0.25) is 0 Å². The third kappa shape index (κ3) is 2.33. The van der Waals surface area contributed by atoms with Crippen LogP contribution in [0, 0.1) is 0 Å². The van der Waals surface area contributed by atoms with Gasteiger partial charge >= 0.3 is 0 Å². The van der Waals surface area contributed by atoms with Crippen LogP contribution in [0.15, 0.2) is 24.4 Å². The standard InChI is InChI=1S/C10H13IN2/c11-9-4-3-7-13(8-9)10-5-1-2-6-12-10/h1-2,5-6,9H,3-4,7-8H2. The Balaban J connectivity index is 2.08. The molecule has 0 aromatic carbocycles. The molecule has 1 fully saturated rings. The number of hydrogen-bond acceptors (Lipinski definition) is 2. The van der Waals surface area contributed by atoms with E-state index in [4.69, 9.17) is 0 Å². The van der Waals surface area contributed by atoms with Crippen molar-refractivity contribution in [3.63, 3.8) is 0 Å². The van der Waals surface area contributed by atoms with Crippen molar-refractivity contribution in [2.24, 2.45) is 0 Å². The number of piperidine rings is 1. The maximum atomic E-state index is 4.36. The molecular weight excluding hydrogens is 275 g/mol. The maximum absolute atomic E-state index is 4.36.